The van der Waals surface area contributed by atoms with Crippen molar-refractivity contribution in [3.05, 3.63) is 39.3 Å². The van der Waals surface area contributed by atoms with Gasteiger partial charge in [-0.2, -0.15) is 0 Å². The van der Waals surface area contributed by atoms with Crippen molar-refractivity contribution in [2.75, 3.05) is 0 Å². The maximum absolute atomic E-state index is 11.3. The Hall–Kier alpha value is -2.35. The lowest BCUT2D eigenvalue weighted by Crippen LogP contribution is -2.25. The van der Waals surface area contributed by atoms with E-state index in [0.29, 0.717) is 0 Å². The molecule has 5 heteroatoms. The Morgan fingerprint density at radius 3 is 3.07 bits per heavy atom. The zero-order valence-electron chi connectivity index (χ0n) is 7.64. The van der Waals surface area contributed by atoms with Gasteiger partial charge in [0.15, 0.2) is 5.65 Å². The van der Waals surface area contributed by atoms with Crippen LogP contribution in [0, 0.1) is 12.3 Å². The first-order valence-electron chi connectivity index (χ1n) is 4.16. The summed E-state index contributed by atoms with van der Waals surface area (Å²) in [6, 6.07) is 3.12. The third-order valence-corrected chi connectivity index (χ3v) is 1.91. The van der Waals surface area contributed by atoms with Crippen molar-refractivity contribution >= 4 is 11.0 Å². The fraction of sp³-hybridized carbons (Fsp3) is 0.100. The van der Waals surface area contributed by atoms with E-state index in [2.05, 4.69) is 15.3 Å². The predicted octanol–water partition coefficient (Wildman–Crippen LogP) is -0.0171. The van der Waals surface area contributed by atoms with Gasteiger partial charge < -0.3 is 4.42 Å². The fourth-order valence-corrected chi connectivity index (χ4v) is 1.28. The molecule has 0 fully saturated rings. The second kappa shape index (κ2) is 3.42. The zero-order valence-corrected chi connectivity index (χ0v) is 7.64. The van der Waals surface area contributed by atoms with Crippen LogP contribution in [0.25, 0.3) is 11.0 Å². The van der Waals surface area contributed by atoms with Crippen molar-refractivity contribution in [3.63, 3.8) is 0 Å². The van der Waals surface area contributed by atoms with Gasteiger partial charge in [-0.15, -0.1) is 6.42 Å². The third kappa shape index (κ3) is 1.42. The number of rotatable bonds is 1. The second-order valence-corrected chi connectivity index (χ2v) is 2.82. The number of nitrogens with zero attached hydrogens (tertiary/aromatic N) is 2. The molecule has 0 aliphatic heterocycles. The van der Waals surface area contributed by atoms with Gasteiger partial charge >= 0.3 is 11.4 Å². The van der Waals surface area contributed by atoms with E-state index >= 15 is 0 Å². The molecule has 74 valence electrons. The molecule has 0 N–H and O–H groups in total. The van der Waals surface area contributed by atoms with Gasteiger partial charge in [0, 0.05) is 6.20 Å². The van der Waals surface area contributed by atoms with Gasteiger partial charge in [0.05, 0.1) is 6.54 Å². The second-order valence-electron chi connectivity index (χ2n) is 2.82. The minimum absolute atomic E-state index is 0.0239. The van der Waals surface area contributed by atoms with Crippen LogP contribution in [0.5, 0.6) is 0 Å². The van der Waals surface area contributed by atoms with Gasteiger partial charge in [0.25, 0.3) is 0 Å². The van der Waals surface area contributed by atoms with Crippen LogP contribution < -0.4 is 11.4 Å². The van der Waals surface area contributed by atoms with E-state index < -0.39 is 11.4 Å². The highest BCUT2D eigenvalue weighted by Gasteiger charge is 2.08. The van der Waals surface area contributed by atoms with Gasteiger partial charge in [-0.05, 0) is 12.1 Å². The molecular weight excluding hydrogens is 196 g/mol. The van der Waals surface area contributed by atoms with Crippen LogP contribution in [0.2, 0.25) is 0 Å². The summed E-state index contributed by atoms with van der Waals surface area (Å²) < 4.78 is 5.63. The van der Waals surface area contributed by atoms with E-state index in [0.717, 1.165) is 4.57 Å². The monoisotopic (exact) mass is 202 g/mol. The average molecular weight is 202 g/mol. The fourth-order valence-electron chi connectivity index (χ4n) is 1.28. The summed E-state index contributed by atoms with van der Waals surface area (Å²) in [7, 11) is 0. The molecule has 2 aromatic rings. The van der Waals surface area contributed by atoms with E-state index in [9.17, 15) is 9.59 Å². The summed E-state index contributed by atoms with van der Waals surface area (Å²) in [4.78, 5) is 26.5. The molecule has 2 aromatic heterocycles. The molecule has 0 radical (unpaired) electrons. The van der Waals surface area contributed by atoms with Gasteiger partial charge in [-0.3, -0.25) is 0 Å². The van der Waals surface area contributed by atoms with Crippen LogP contribution in [0.1, 0.15) is 0 Å². The molecule has 0 aliphatic carbocycles. The Morgan fingerprint density at radius 2 is 2.33 bits per heavy atom. The van der Waals surface area contributed by atoms with Crippen molar-refractivity contribution < 1.29 is 4.42 Å². The topological polar surface area (TPSA) is 65.1 Å². The zero-order chi connectivity index (χ0) is 10.8. The van der Waals surface area contributed by atoms with Crippen LogP contribution in [0.3, 0.4) is 0 Å². The van der Waals surface area contributed by atoms with Crippen LogP contribution in [0.15, 0.2) is 32.3 Å². The smallest absolute Gasteiger partial charge is 0.372 e. The van der Waals surface area contributed by atoms with Crippen LogP contribution in [-0.4, -0.2) is 9.55 Å². The molecule has 2 rings (SSSR count). The average Bonchev–Trinajstić information content (AvgIpc) is 2.24. The van der Waals surface area contributed by atoms with Crippen molar-refractivity contribution in [1.82, 2.24) is 9.55 Å². The molecule has 0 aliphatic rings. The van der Waals surface area contributed by atoms with E-state index in [-0.39, 0.29) is 17.6 Å². The summed E-state index contributed by atoms with van der Waals surface area (Å²) in [6.07, 6.45) is 6.58. The van der Waals surface area contributed by atoms with Crippen LogP contribution >= 0.6 is 0 Å². The number of fused-ring (bicyclic) bond motifs is 1. The summed E-state index contributed by atoms with van der Waals surface area (Å²) >= 11 is 0. The number of hydrogen-bond donors (Lipinski definition) is 0. The minimum atomic E-state index is -0.788. The van der Waals surface area contributed by atoms with Crippen LogP contribution in [-0.2, 0) is 6.54 Å². The Balaban J connectivity index is 2.98. The molecule has 0 amide bonds. The first-order valence-corrected chi connectivity index (χ1v) is 4.16. The summed E-state index contributed by atoms with van der Waals surface area (Å²) in [5.74, 6) is 1.51. The first kappa shape index (κ1) is 9.21. The molecular formula is C10H6N2O3. The molecule has 0 saturated heterocycles. The molecule has 0 spiro atoms. The normalized spacial score (nSPS) is 10.1. The maximum atomic E-state index is 11.3. The van der Waals surface area contributed by atoms with E-state index in [4.69, 9.17) is 6.42 Å². The number of pyridine rings is 1. The standard InChI is InChI=1S/C10H6N2O3/c1-2-6-12-8-7(4-3-5-11-8)9(13)15-10(12)14/h1,3-5H,6H2. The molecule has 0 bridgehead atoms. The van der Waals surface area contributed by atoms with Crippen molar-refractivity contribution in [1.29, 1.82) is 0 Å². The molecule has 15 heavy (non-hydrogen) atoms. The quantitative estimate of drug-likeness (QED) is 0.610. The van der Waals surface area contributed by atoms with Crippen LogP contribution in [0.4, 0.5) is 0 Å². The highest BCUT2D eigenvalue weighted by Crippen LogP contribution is 2.02. The first-order chi connectivity index (χ1) is 7.24. The number of aromatic nitrogens is 2. The number of terminal acetylenes is 1. The number of hydrogen-bond acceptors (Lipinski definition) is 4. The Labute approximate surface area is 84.0 Å². The van der Waals surface area contributed by atoms with Gasteiger partial charge in [0.1, 0.15) is 5.39 Å². The SMILES string of the molecule is C#CCn1c(=O)oc(=O)c2cccnc21. The van der Waals surface area contributed by atoms with Crippen molar-refractivity contribution in [2.45, 2.75) is 6.54 Å². The van der Waals surface area contributed by atoms with Gasteiger partial charge in [0.2, 0.25) is 0 Å². The van der Waals surface area contributed by atoms with E-state index in [1.54, 1.807) is 6.07 Å². The molecule has 0 aromatic carbocycles. The van der Waals surface area contributed by atoms with Crippen molar-refractivity contribution in [3.8, 4) is 12.3 Å². The van der Waals surface area contributed by atoms with Gasteiger partial charge in [-0.1, -0.05) is 5.92 Å². The molecule has 0 unspecified atom stereocenters. The third-order valence-electron chi connectivity index (χ3n) is 1.91. The maximum Gasteiger partial charge on any atom is 0.424 e. The highest BCUT2D eigenvalue weighted by atomic mass is 16.4. The Morgan fingerprint density at radius 1 is 1.53 bits per heavy atom. The lowest BCUT2D eigenvalue weighted by molar-refractivity contribution is 0.426. The minimum Gasteiger partial charge on any atom is -0.372 e. The lowest BCUT2D eigenvalue weighted by Gasteiger charge is -2.02. The van der Waals surface area contributed by atoms with Gasteiger partial charge in [-0.25, -0.2) is 19.1 Å². The lowest BCUT2D eigenvalue weighted by atomic mass is 10.3. The highest BCUT2D eigenvalue weighted by molar-refractivity contribution is 5.72. The summed E-state index contributed by atoms with van der Waals surface area (Å²) in [5, 5.41) is 0.243. The molecule has 0 saturated carbocycles. The largest absolute Gasteiger partial charge is 0.424 e. The molecule has 0 atom stereocenters. The van der Waals surface area contributed by atoms with E-state index in [1.165, 1.54) is 12.3 Å². The summed E-state index contributed by atoms with van der Waals surface area (Å²) in [5.41, 5.74) is -0.451. The van der Waals surface area contributed by atoms with E-state index in [1.807, 2.05) is 0 Å². The Kier molecular flexibility index (Phi) is 2.10. The summed E-state index contributed by atoms with van der Waals surface area (Å²) in [6.45, 7) is 0.0239. The Bertz CT molecular complexity index is 661. The predicted molar refractivity (Wildman–Crippen MR) is 53.4 cm³/mol. The van der Waals surface area contributed by atoms with Crippen molar-refractivity contribution in [2.24, 2.45) is 0 Å². The molecule has 2 heterocycles. The molecule has 5 nitrogen and oxygen atoms in total.